The zero-order chi connectivity index (χ0) is 21.2. The molecule has 0 spiro atoms. The topological polar surface area (TPSA) is 113 Å². The van der Waals surface area contributed by atoms with Gasteiger partial charge in [0, 0.05) is 12.1 Å². The highest BCUT2D eigenvalue weighted by atomic mass is 35.5. The Labute approximate surface area is 183 Å². The lowest BCUT2D eigenvalue weighted by Gasteiger charge is -2.20. The Balaban J connectivity index is 0.00000450. The number of rotatable bonds is 9. The molecular weight excluding hydrogens is 404 g/mol. The zero-order valence-electron chi connectivity index (χ0n) is 17.1. The summed E-state index contributed by atoms with van der Waals surface area (Å²) in [6.45, 7) is 3.41. The molecule has 2 aromatic rings. The molecule has 0 heterocycles. The Hall–Kier alpha value is -2.90. The third-order valence-electron chi connectivity index (χ3n) is 4.42. The number of amides is 3. The molecule has 0 aliphatic heterocycles. The SMILES string of the molecule is CC(C)[C@H](N)C(=O)NCC(=O)NC(Cc1ccccc1)C(=O)Nc1ccccc1.Cl. The number of nitrogens with two attached hydrogens (primary N) is 1. The van der Waals surface area contributed by atoms with E-state index in [1.165, 1.54) is 0 Å². The molecule has 30 heavy (non-hydrogen) atoms. The number of halogens is 1. The van der Waals surface area contributed by atoms with Gasteiger partial charge in [0.2, 0.25) is 17.7 Å². The predicted octanol–water partition coefficient (Wildman–Crippen LogP) is 1.87. The minimum Gasteiger partial charge on any atom is -0.346 e. The molecule has 0 aliphatic carbocycles. The van der Waals surface area contributed by atoms with Gasteiger partial charge in [-0.15, -0.1) is 12.4 Å². The van der Waals surface area contributed by atoms with Crippen LogP contribution >= 0.6 is 12.4 Å². The van der Waals surface area contributed by atoms with E-state index in [4.69, 9.17) is 5.73 Å². The summed E-state index contributed by atoms with van der Waals surface area (Å²) in [4.78, 5) is 37.1. The summed E-state index contributed by atoms with van der Waals surface area (Å²) in [5.74, 6) is -1.24. The monoisotopic (exact) mass is 432 g/mol. The summed E-state index contributed by atoms with van der Waals surface area (Å²) in [6.07, 6.45) is 0.324. The van der Waals surface area contributed by atoms with Crippen molar-refractivity contribution in [2.24, 2.45) is 11.7 Å². The molecular formula is C22H29ClN4O3. The molecule has 0 radical (unpaired) electrons. The van der Waals surface area contributed by atoms with E-state index in [2.05, 4.69) is 16.0 Å². The Morgan fingerprint density at radius 2 is 1.47 bits per heavy atom. The molecule has 3 amide bonds. The molecule has 0 bridgehead atoms. The number of para-hydroxylation sites is 1. The van der Waals surface area contributed by atoms with Crippen LogP contribution < -0.4 is 21.7 Å². The lowest BCUT2D eigenvalue weighted by atomic mass is 10.0. The van der Waals surface area contributed by atoms with Gasteiger partial charge in [-0.05, 0) is 23.6 Å². The van der Waals surface area contributed by atoms with Crippen LogP contribution in [-0.2, 0) is 20.8 Å². The molecule has 0 saturated heterocycles. The minimum atomic E-state index is -0.791. The molecule has 2 rings (SSSR count). The van der Waals surface area contributed by atoms with E-state index in [0.29, 0.717) is 12.1 Å². The second kappa shape index (κ2) is 12.6. The Morgan fingerprint density at radius 3 is 2.03 bits per heavy atom. The van der Waals surface area contributed by atoms with Gasteiger partial charge >= 0.3 is 0 Å². The van der Waals surface area contributed by atoms with Gasteiger partial charge in [-0.2, -0.15) is 0 Å². The fourth-order valence-electron chi connectivity index (χ4n) is 2.64. The number of hydrogen-bond acceptors (Lipinski definition) is 4. The first-order chi connectivity index (χ1) is 13.9. The normalized spacial score (nSPS) is 12.3. The van der Waals surface area contributed by atoms with E-state index < -0.39 is 23.9 Å². The highest BCUT2D eigenvalue weighted by Gasteiger charge is 2.23. The second-order valence-corrected chi connectivity index (χ2v) is 7.15. The number of benzene rings is 2. The molecule has 2 aromatic carbocycles. The van der Waals surface area contributed by atoms with Crippen LogP contribution in [0.3, 0.4) is 0 Å². The number of carbonyl (C=O) groups is 3. The van der Waals surface area contributed by atoms with Crippen molar-refractivity contribution >= 4 is 35.8 Å². The van der Waals surface area contributed by atoms with E-state index in [9.17, 15) is 14.4 Å². The second-order valence-electron chi connectivity index (χ2n) is 7.15. The van der Waals surface area contributed by atoms with E-state index in [1.807, 2.05) is 62.4 Å². The first kappa shape index (κ1) is 25.1. The summed E-state index contributed by atoms with van der Waals surface area (Å²) in [6, 6.07) is 16.9. The van der Waals surface area contributed by atoms with Crippen molar-refractivity contribution in [1.82, 2.24) is 10.6 Å². The number of hydrogen-bond donors (Lipinski definition) is 4. The van der Waals surface area contributed by atoms with Crippen molar-refractivity contribution in [3.8, 4) is 0 Å². The maximum Gasteiger partial charge on any atom is 0.247 e. The van der Waals surface area contributed by atoms with E-state index in [0.717, 1.165) is 5.56 Å². The molecule has 0 aliphatic rings. The van der Waals surface area contributed by atoms with Crippen molar-refractivity contribution in [3.63, 3.8) is 0 Å². The standard InChI is InChI=1S/C22H28N4O3.ClH/c1-15(2)20(23)22(29)24-14-19(27)26-18(13-16-9-5-3-6-10-16)21(28)25-17-11-7-4-8-12-17;/h3-12,15,18,20H,13-14,23H2,1-2H3,(H,24,29)(H,25,28)(H,26,27);1H/t18?,20-;/m0./s1. The summed E-state index contributed by atoms with van der Waals surface area (Å²) < 4.78 is 0. The molecule has 5 N–H and O–H groups in total. The fourth-order valence-corrected chi connectivity index (χ4v) is 2.64. The van der Waals surface area contributed by atoms with Gasteiger partial charge in [0.1, 0.15) is 6.04 Å². The first-order valence-electron chi connectivity index (χ1n) is 9.59. The van der Waals surface area contributed by atoms with Crippen molar-refractivity contribution in [1.29, 1.82) is 0 Å². The number of anilines is 1. The van der Waals surface area contributed by atoms with E-state index in [1.54, 1.807) is 12.1 Å². The van der Waals surface area contributed by atoms with Crippen molar-refractivity contribution in [2.45, 2.75) is 32.4 Å². The molecule has 162 valence electrons. The van der Waals surface area contributed by atoms with Crippen molar-refractivity contribution < 1.29 is 14.4 Å². The Kier molecular flexibility index (Phi) is 10.6. The van der Waals surface area contributed by atoms with Crippen LogP contribution in [0.15, 0.2) is 60.7 Å². The van der Waals surface area contributed by atoms with Crippen LogP contribution in [-0.4, -0.2) is 36.3 Å². The van der Waals surface area contributed by atoms with Crippen LogP contribution in [0.1, 0.15) is 19.4 Å². The van der Waals surface area contributed by atoms with Crippen molar-refractivity contribution in [2.75, 3.05) is 11.9 Å². The summed E-state index contributed by atoms with van der Waals surface area (Å²) in [5.41, 5.74) is 7.32. The highest BCUT2D eigenvalue weighted by molar-refractivity contribution is 5.98. The number of carbonyl (C=O) groups excluding carboxylic acids is 3. The highest BCUT2D eigenvalue weighted by Crippen LogP contribution is 2.09. The molecule has 0 fully saturated rings. The van der Waals surface area contributed by atoms with Crippen LogP contribution in [0.4, 0.5) is 5.69 Å². The van der Waals surface area contributed by atoms with Crippen LogP contribution in [0.2, 0.25) is 0 Å². The number of nitrogens with one attached hydrogen (secondary N) is 3. The average Bonchev–Trinajstić information content (AvgIpc) is 2.72. The van der Waals surface area contributed by atoms with Gasteiger partial charge in [0.15, 0.2) is 0 Å². The molecule has 0 aromatic heterocycles. The third-order valence-corrected chi connectivity index (χ3v) is 4.42. The van der Waals surface area contributed by atoms with Gasteiger partial charge in [-0.25, -0.2) is 0 Å². The van der Waals surface area contributed by atoms with Crippen molar-refractivity contribution in [3.05, 3.63) is 66.2 Å². The molecule has 8 heteroatoms. The largest absolute Gasteiger partial charge is 0.346 e. The lowest BCUT2D eigenvalue weighted by molar-refractivity contribution is -0.129. The summed E-state index contributed by atoms with van der Waals surface area (Å²) in [7, 11) is 0. The third kappa shape index (κ3) is 8.23. The van der Waals surface area contributed by atoms with Crippen LogP contribution in [0.5, 0.6) is 0 Å². The van der Waals surface area contributed by atoms with Gasteiger partial charge in [-0.3, -0.25) is 14.4 Å². The maximum atomic E-state index is 12.8. The van der Waals surface area contributed by atoms with E-state index >= 15 is 0 Å². The fraction of sp³-hybridized carbons (Fsp3) is 0.318. The lowest BCUT2D eigenvalue weighted by Crippen LogP contribution is -2.51. The smallest absolute Gasteiger partial charge is 0.247 e. The van der Waals surface area contributed by atoms with Gasteiger partial charge in [0.25, 0.3) is 0 Å². The van der Waals surface area contributed by atoms with Gasteiger partial charge in [-0.1, -0.05) is 62.4 Å². The predicted molar refractivity (Wildman–Crippen MR) is 120 cm³/mol. The molecule has 0 saturated carbocycles. The molecule has 2 atom stereocenters. The Bertz CT molecular complexity index is 816. The van der Waals surface area contributed by atoms with E-state index in [-0.39, 0.29) is 30.8 Å². The Morgan fingerprint density at radius 1 is 0.900 bits per heavy atom. The average molecular weight is 433 g/mol. The quantitative estimate of drug-likeness (QED) is 0.484. The van der Waals surface area contributed by atoms with Gasteiger partial charge < -0.3 is 21.7 Å². The molecule has 1 unspecified atom stereocenters. The first-order valence-corrected chi connectivity index (χ1v) is 9.59. The summed E-state index contributed by atoms with van der Waals surface area (Å²) in [5, 5.41) is 8.02. The summed E-state index contributed by atoms with van der Waals surface area (Å²) >= 11 is 0. The van der Waals surface area contributed by atoms with Crippen LogP contribution in [0, 0.1) is 5.92 Å². The van der Waals surface area contributed by atoms with Crippen LogP contribution in [0.25, 0.3) is 0 Å². The van der Waals surface area contributed by atoms with Gasteiger partial charge in [0.05, 0.1) is 12.6 Å². The minimum absolute atomic E-state index is 0. The maximum absolute atomic E-state index is 12.8. The zero-order valence-corrected chi connectivity index (χ0v) is 17.9. The molecule has 7 nitrogen and oxygen atoms in total.